The summed E-state index contributed by atoms with van der Waals surface area (Å²) < 4.78 is 25.5. The van der Waals surface area contributed by atoms with E-state index in [2.05, 4.69) is 15.9 Å². The van der Waals surface area contributed by atoms with Gasteiger partial charge in [-0.3, -0.25) is 4.79 Å². The third kappa shape index (κ3) is 1.69. The van der Waals surface area contributed by atoms with Crippen molar-refractivity contribution in [3.05, 3.63) is 33.8 Å². The third-order valence-corrected chi connectivity index (χ3v) is 2.00. The van der Waals surface area contributed by atoms with Crippen molar-refractivity contribution >= 4 is 21.7 Å². The fraction of sp³-hybridized carbons (Fsp3) is 0.125. The number of carbonyl (C=O) groups excluding carboxylic acids is 1. The van der Waals surface area contributed by atoms with Crippen LogP contribution in [0.3, 0.4) is 0 Å². The lowest BCUT2D eigenvalue weighted by molar-refractivity contribution is 0.101. The van der Waals surface area contributed by atoms with Crippen molar-refractivity contribution in [2.45, 2.75) is 6.92 Å². The molecule has 0 aliphatic carbocycles. The highest BCUT2D eigenvalue weighted by molar-refractivity contribution is 9.10. The van der Waals surface area contributed by atoms with Crippen LogP contribution in [-0.2, 0) is 0 Å². The Labute approximate surface area is 76.5 Å². The van der Waals surface area contributed by atoms with Crippen molar-refractivity contribution < 1.29 is 13.6 Å². The predicted molar refractivity (Wildman–Crippen MR) is 44.1 cm³/mol. The summed E-state index contributed by atoms with van der Waals surface area (Å²) in [6.07, 6.45) is 0. The maximum absolute atomic E-state index is 12.8. The van der Waals surface area contributed by atoms with Crippen molar-refractivity contribution in [2.75, 3.05) is 0 Å². The van der Waals surface area contributed by atoms with Gasteiger partial charge >= 0.3 is 0 Å². The number of hydrogen-bond donors (Lipinski definition) is 0. The fourth-order valence-electron chi connectivity index (χ4n) is 0.792. The number of rotatable bonds is 1. The summed E-state index contributed by atoms with van der Waals surface area (Å²) >= 11 is 2.85. The average Bonchev–Trinajstić information content (AvgIpc) is 1.96. The Morgan fingerprint density at radius 3 is 2.42 bits per heavy atom. The molecule has 0 heterocycles. The van der Waals surface area contributed by atoms with Gasteiger partial charge in [0, 0.05) is 6.07 Å². The molecule has 64 valence electrons. The minimum Gasteiger partial charge on any atom is -0.294 e. The summed E-state index contributed by atoms with van der Waals surface area (Å²) in [5, 5.41) is 0. The van der Waals surface area contributed by atoms with Gasteiger partial charge in [-0.1, -0.05) is 0 Å². The Kier molecular flexibility index (Phi) is 2.57. The summed E-state index contributed by atoms with van der Waals surface area (Å²) in [6, 6.07) is 1.81. The van der Waals surface area contributed by atoms with Gasteiger partial charge in [0.25, 0.3) is 0 Å². The largest absolute Gasteiger partial charge is 0.294 e. The molecule has 1 nitrogen and oxygen atoms in total. The Balaban J connectivity index is 3.33. The Bertz CT molecular complexity index is 336. The average molecular weight is 235 g/mol. The van der Waals surface area contributed by atoms with Crippen LogP contribution in [0.1, 0.15) is 17.3 Å². The van der Waals surface area contributed by atoms with E-state index < -0.39 is 17.4 Å². The van der Waals surface area contributed by atoms with Crippen molar-refractivity contribution in [3.8, 4) is 0 Å². The van der Waals surface area contributed by atoms with E-state index in [1.165, 1.54) is 6.92 Å². The van der Waals surface area contributed by atoms with E-state index in [4.69, 9.17) is 0 Å². The molecular formula is C8H5BrF2O. The highest BCUT2D eigenvalue weighted by Gasteiger charge is 2.10. The standard InChI is InChI=1S/C8H5BrF2O/c1-4(12)5-2-6(9)8(11)3-7(5)10/h2-3H,1H3. The summed E-state index contributed by atoms with van der Waals surface area (Å²) in [5.74, 6) is -1.96. The first-order valence-electron chi connectivity index (χ1n) is 3.18. The second-order valence-corrected chi connectivity index (χ2v) is 3.16. The minimum atomic E-state index is -0.830. The van der Waals surface area contributed by atoms with Crippen molar-refractivity contribution in [2.24, 2.45) is 0 Å². The molecule has 0 aliphatic heterocycles. The van der Waals surface area contributed by atoms with Crippen LogP contribution in [0.25, 0.3) is 0 Å². The second-order valence-electron chi connectivity index (χ2n) is 2.30. The van der Waals surface area contributed by atoms with E-state index in [1.54, 1.807) is 0 Å². The van der Waals surface area contributed by atoms with Gasteiger partial charge < -0.3 is 0 Å². The Morgan fingerprint density at radius 1 is 1.33 bits per heavy atom. The first-order chi connectivity index (χ1) is 5.52. The molecule has 0 atom stereocenters. The molecule has 12 heavy (non-hydrogen) atoms. The number of halogens is 3. The summed E-state index contributed by atoms with van der Waals surface area (Å²) in [4.78, 5) is 10.7. The van der Waals surface area contributed by atoms with Gasteiger partial charge in [0.15, 0.2) is 5.78 Å². The van der Waals surface area contributed by atoms with Crippen molar-refractivity contribution in [1.82, 2.24) is 0 Å². The zero-order valence-electron chi connectivity index (χ0n) is 6.20. The zero-order valence-corrected chi connectivity index (χ0v) is 7.78. The van der Waals surface area contributed by atoms with Gasteiger partial charge in [0.1, 0.15) is 11.6 Å². The summed E-state index contributed by atoms with van der Waals surface area (Å²) in [5.41, 5.74) is -0.108. The zero-order chi connectivity index (χ0) is 9.30. The van der Waals surface area contributed by atoms with Crippen LogP contribution >= 0.6 is 15.9 Å². The quantitative estimate of drug-likeness (QED) is 0.540. The molecule has 1 rings (SSSR count). The van der Waals surface area contributed by atoms with E-state index in [-0.39, 0.29) is 10.0 Å². The van der Waals surface area contributed by atoms with Crippen LogP contribution in [0.4, 0.5) is 8.78 Å². The van der Waals surface area contributed by atoms with E-state index >= 15 is 0 Å². The molecule has 1 aromatic rings. The normalized spacial score (nSPS) is 10.0. The lowest BCUT2D eigenvalue weighted by atomic mass is 10.1. The lowest BCUT2D eigenvalue weighted by Crippen LogP contribution is -1.98. The first kappa shape index (κ1) is 9.32. The highest BCUT2D eigenvalue weighted by Crippen LogP contribution is 2.20. The molecule has 0 radical (unpaired) electrons. The topological polar surface area (TPSA) is 17.1 Å². The van der Waals surface area contributed by atoms with E-state index in [0.717, 1.165) is 6.07 Å². The molecule has 0 spiro atoms. The van der Waals surface area contributed by atoms with Crippen LogP contribution in [0.2, 0.25) is 0 Å². The molecule has 0 aliphatic rings. The van der Waals surface area contributed by atoms with E-state index in [0.29, 0.717) is 6.07 Å². The second kappa shape index (κ2) is 3.31. The monoisotopic (exact) mass is 234 g/mol. The molecule has 0 N–H and O–H groups in total. The van der Waals surface area contributed by atoms with Crippen LogP contribution in [0.5, 0.6) is 0 Å². The van der Waals surface area contributed by atoms with Gasteiger partial charge in [-0.15, -0.1) is 0 Å². The minimum absolute atomic E-state index is 0.0918. The summed E-state index contributed by atoms with van der Waals surface area (Å²) in [6.45, 7) is 1.22. The van der Waals surface area contributed by atoms with Crippen LogP contribution in [-0.4, -0.2) is 5.78 Å². The number of hydrogen-bond acceptors (Lipinski definition) is 1. The molecule has 0 amide bonds. The number of ketones is 1. The molecule has 0 saturated heterocycles. The number of benzene rings is 1. The van der Waals surface area contributed by atoms with E-state index in [1.807, 2.05) is 0 Å². The van der Waals surface area contributed by atoms with Gasteiger partial charge in [-0.05, 0) is 28.9 Å². The number of carbonyl (C=O) groups is 1. The fourth-order valence-corrected chi connectivity index (χ4v) is 1.14. The molecule has 0 bridgehead atoms. The molecule has 0 saturated carbocycles. The van der Waals surface area contributed by atoms with Gasteiger partial charge in [-0.2, -0.15) is 0 Å². The molecular weight excluding hydrogens is 230 g/mol. The van der Waals surface area contributed by atoms with Gasteiger partial charge in [-0.25, -0.2) is 8.78 Å². The number of Topliss-reactive ketones (excluding diaryl/α,β-unsaturated/α-hetero) is 1. The van der Waals surface area contributed by atoms with Crippen LogP contribution in [0.15, 0.2) is 16.6 Å². The lowest BCUT2D eigenvalue weighted by Gasteiger charge is -1.99. The summed E-state index contributed by atoms with van der Waals surface area (Å²) in [7, 11) is 0. The van der Waals surface area contributed by atoms with Crippen LogP contribution in [0, 0.1) is 11.6 Å². The van der Waals surface area contributed by atoms with Crippen molar-refractivity contribution in [1.29, 1.82) is 0 Å². The third-order valence-electron chi connectivity index (χ3n) is 1.39. The smallest absolute Gasteiger partial charge is 0.162 e. The predicted octanol–water partition coefficient (Wildman–Crippen LogP) is 2.93. The van der Waals surface area contributed by atoms with Crippen molar-refractivity contribution in [3.63, 3.8) is 0 Å². The Hall–Kier alpha value is -0.770. The van der Waals surface area contributed by atoms with Gasteiger partial charge in [0.2, 0.25) is 0 Å². The SMILES string of the molecule is CC(=O)c1cc(Br)c(F)cc1F. The molecule has 1 aromatic carbocycles. The molecule has 0 aromatic heterocycles. The van der Waals surface area contributed by atoms with E-state index in [9.17, 15) is 13.6 Å². The Morgan fingerprint density at radius 2 is 1.92 bits per heavy atom. The molecule has 0 fully saturated rings. The maximum Gasteiger partial charge on any atom is 0.162 e. The van der Waals surface area contributed by atoms with Crippen LogP contribution < -0.4 is 0 Å². The maximum atomic E-state index is 12.8. The van der Waals surface area contributed by atoms with Gasteiger partial charge in [0.05, 0.1) is 10.0 Å². The molecule has 4 heteroatoms. The highest BCUT2D eigenvalue weighted by atomic mass is 79.9. The molecule has 0 unspecified atom stereocenters. The first-order valence-corrected chi connectivity index (χ1v) is 3.97.